The Balaban J connectivity index is 2.05. The lowest BCUT2D eigenvalue weighted by molar-refractivity contribution is -0.161. The minimum atomic E-state index is -0.929. The van der Waals surface area contributed by atoms with Gasteiger partial charge in [-0.1, -0.05) is 6.58 Å². The summed E-state index contributed by atoms with van der Waals surface area (Å²) < 4.78 is 15.3. The number of esters is 2. The molecule has 2 aliphatic rings. The number of rotatable bonds is 2. The van der Waals surface area contributed by atoms with E-state index < -0.39 is 24.1 Å². The summed E-state index contributed by atoms with van der Waals surface area (Å²) in [5, 5.41) is 0. The van der Waals surface area contributed by atoms with Crippen molar-refractivity contribution in [1.29, 1.82) is 0 Å². The van der Waals surface area contributed by atoms with Crippen LogP contribution in [0.4, 0.5) is 0 Å². The summed E-state index contributed by atoms with van der Waals surface area (Å²) in [6.45, 7) is 5.50. The van der Waals surface area contributed by atoms with Gasteiger partial charge in [0.2, 0.25) is 6.10 Å². The first-order valence-corrected chi connectivity index (χ1v) is 4.78. The van der Waals surface area contributed by atoms with Gasteiger partial charge < -0.3 is 14.2 Å². The van der Waals surface area contributed by atoms with Crippen LogP contribution in [0.3, 0.4) is 0 Å². The number of hydrogen-bond acceptors (Lipinski definition) is 5. The maximum absolute atomic E-state index is 11.3. The molecule has 3 atom stereocenters. The minimum absolute atomic E-state index is 0.254. The van der Waals surface area contributed by atoms with E-state index in [1.165, 1.54) is 6.92 Å². The van der Waals surface area contributed by atoms with E-state index in [0.29, 0.717) is 13.0 Å². The summed E-state index contributed by atoms with van der Waals surface area (Å²) in [5.41, 5.74) is 0.254. The molecule has 3 unspecified atom stereocenters. The van der Waals surface area contributed by atoms with Crippen molar-refractivity contribution in [3.63, 3.8) is 0 Å². The summed E-state index contributed by atoms with van der Waals surface area (Å²) in [5.74, 6) is -1.12. The zero-order valence-electron chi connectivity index (χ0n) is 8.39. The lowest BCUT2D eigenvalue weighted by atomic mass is 10.1. The largest absolute Gasteiger partial charge is 0.457 e. The smallest absolute Gasteiger partial charge is 0.350 e. The van der Waals surface area contributed by atoms with Gasteiger partial charge in [0.15, 0.2) is 0 Å². The SMILES string of the molecule is C=C(C)C(=O)OC1C(=O)OC2CCOC21. The van der Waals surface area contributed by atoms with E-state index in [9.17, 15) is 9.59 Å². The predicted octanol–water partition coefficient (Wildman–Crippen LogP) is 0.189. The molecule has 0 bridgehead atoms. The van der Waals surface area contributed by atoms with Crippen molar-refractivity contribution < 1.29 is 23.8 Å². The van der Waals surface area contributed by atoms with Crippen LogP contribution < -0.4 is 0 Å². The van der Waals surface area contributed by atoms with Gasteiger partial charge in [-0.3, -0.25) is 0 Å². The van der Waals surface area contributed by atoms with Crippen LogP contribution in [0, 0.1) is 0 Å². The van der Waals surface area contributed by atoms with Crippen molar-refractivity contribution in [3.05, 3.63) is 12.2 Å². The third-order valence-corrected chi connectivity index (χ3v) is 2.46. The Bertz CT molecular complexity index is 322. The van der Waals surface area contributed by atoms with Crippen LogP contribution in [0.25, 0.3) is 0 Å². The van der Waals surface area contributed by atoms with E-state index in [2.05, 4.69) is 6.58 Å². The molecule has 0 aliphatic carbocycles. The maximum Gasteiger partial charge on any atom is 0.350 e. The second-order valence-corrected chi connectivity index (χ2v) is 3.71. The van der Waals surface area contributed by atoms with Gasteiger partial charge in [-0.2, -0.15) is 0 Å². The highest BCUT2D eigenvalue weighted by Gasteiger charge is 2.50. The Hall–Kier alpha value is -1.36. The fraction of sp³-hybridized carbons (Fsp3) is 0.600. The molecule has 0 aromatic rings. The fourth-order valence-electron chi connectivity index (χ4n) is 1.68. The van der Waals surface area contributed by atoms with Gasteiger partial charge in [-0.25, -0.2) is 9.59 Å². The van der Waals surface area contributed by atoms with Crippen molar-refractivity contribution >= 4 is 11.9 Å². The molecule has 0 radical (unpaired) electrons. The van der Waals surface area contributed by atoms with Crippen molar-refractivity contribution in [2.75, 3.05) is 6.61 Å². The molecule has 2 fully saturated rings. The number of hydrogen-bond donors (Lipinski definition) is 0. The van der Waals surface area contributed by atoms with E-state index in [1.54, 1.807) is 0 Å². The summed E-state index contributed by atoms with van der Waals surface area (Å²) in [6, 6.07) is 0. The Morgan fingerprint density at radius 1 is 1.60 bits per heavy atom. The van der Waals surface area contributed by atoms with Gasteiger partial charge in [-0.05, 0) is 6.92 Å². The van der Waals surface area contributed by atoms with E-state index in [4.69, 9.17) is 14.2 Å². The van der Waals surface area contributed by atoms with Crippen LogP contribution in [0.15, 0.2) is 12.2 Å². The zero-order valence-corrected chi connectivity index (χ0v) is 8.39. The quantitative estimate of drug-likeness (QED) is 0.483. The molecule has 15 heavy (non-hydrogen) atoms. The zero-order chi connectivity index (χ0) is 11.0. The highest BCUT2D eigenvalue weighted by atomic mass is 16.7. The number of carbonyl (C=O) groups is 2. The Kier molecular flexibility index (Phi) is 2.48. The Morgan fingerprint density at radius 2 is 2.33 bits per heavy atom. The van der Waals surface area contributed by atoms with Gasteiger partial charge in [0.05, 0.1) is 6.61 Å². The summed E-state index contributed by atoms with van der Waals surface area (Å²) in [7, 11) is 0. The molecule has 0 aromatic carbocycles. The number of carbonyl (C=O) groups excluding carboxylic acids is 2. The van der Waals surface area contributed by atoms with E-state index >= 15 is 0 Å². The Labute approximate surface area is 87.0 Å². The van der Waals surface area contributed by atoms with Crippen LogP contribution >= 0.6 is 0 Å². The molecule has 5 nitrogen and oxygen atoms in total. The highest BCUT2D eigenvalue weighted by molar-refractivity contribution is 5.90. The minimum Gasteiger partial charge on any atom is -0.457 e. The number of ether oxygens (including phenoxy) is 3. The van der Waals surface area contributed by atoms with Gasteiger partial charge in [0.25, 0.3) is 0 Å². The monoisotopic (exact) mass is 212 g/mol. The first-order chi connectivity index (χ1) is 7.09. The molecule has 2 heterocycles. The molecule has 0 N–H and O–H groups in total. The molecule has 5 heteroatoms. The molecular formula is C10H12O5. The van der Waals surface area contributed by atoms with Crippen LogP contribution in [-0.2, 0) is 23.8 Å². The average Bonchev–Trinajstić information content (AvgIpc) is 2.69. The predicted molar refractivity (Wildman–Crippen MR) is 48.9 cm³/mol. The molecular weight excluding hydrogens is 200 g/mol. The van der Waals surface area contributed by atoms with Gasteiger partial charge in [0.1, 0.15) is 12.2 Å². The second-order valence-electron chi connectivity index (χ2n) is 3.71. The molecule has 2 rings (SSSR count). The molecule has 2 aliphatic heterocycles. The molecule has 0 amide bonds. The first-order valence-electron chi connectivity index (χ1n) is 4.78. The second kappa shape index (κ2) is 3.66. The number of fused-ring (bicyclic) bond motifs is 1. The molecule has 2 saturated heterocycles. The van der Waals surface area contributed by atoms with E-state index in [1.807, 2.05) is 0 Å². The van der Waals surface area contributed by atoms with Crippen molar-refractivity contribution in [3.8, 4) is 0 Å². The van der Waals surface area contributed by atoms with Crippen molar-refractivity contribution in [1.82, 2.24) is 0 Å². The fourth-order valence-corrected chi connectivity index (χ4v) is 1.68. The van der Waals surface area contributed by atoms with Gasteiger partial charge in [0, 0.05) is 12.0 Å². The lowest BCUT2D eigenvalue weighted by Gasteiger charge is -2.13. The summed E-state index contributed by atoms with van der Waals surface area (Å²) in [6.07, 6.45) is -0.972. The lowest BCUT2D eigenvalue weighted by Crippen LogP contribution is -2.34. The van der Waals surface area contributed by atoms with Crippen LogP contribution in [0.1, 0.15) is 13.3 Å². The van der Waals surface area contributed by atoms with E-state index in [0.717, 1.165) is 0 Å². The molecule has 0 aromatic heterocycles. The summed E-state index contributed by atoms with van der Waals surface area (Å²) >= 11 is 0. The van der Waals surface area contributed by atoms with E-state index in [-0.39, 0.29) is 11.7 Å². The molecule has 82 valence electrons. The summed E-state index contributed by atoms with van der Waals surface area (Å²) in [4.78, 5) is 22.6. The molecule has 0 spiro atoms. The third-order valence-electron chi connectivity index (χ3n) is 2.46. The van der Waals surface area contributed by atoms with Crippen LogP contribution in [0.2, 0.25) is 0 Å². The van der Waals surface area contributed by atoms with Crippen LogP contribution in [0.5, 0.6) is 0 Å². The third kappa shape index (κ3) is 1.74. The van der Waals surface area contributed by atoms with Crippen molar-refractivity contribution in [2.24, 2.45) is 0 Å². The Morgan fingerprint density at radius 3 is 3.00 bits per heavy atom. The highest BCUT2D eigenvalue weighted by Crippen LogP contribution is 2.29. The van der Waals surface area contributed by atoms with Gasteiger partial charge in [-0.15, -0.1) is 0 Å². The normalized spacial score (nSPS) is 33.4. The first kappa shape index (κ1) is 10.2. The topological polar surface area (TPSA) is 61.8 Å². The average molecular weight is 212 g/mol. The molecule has 0 saturated carbocycles. The van der Waals surface area contributed by atoms with Crippen molar-refractivity contribution in [2.45, 2.75) is 31.7 Å². The van der Waals surface area contributed by atoms with Crippen LogP contribution in [-0.4, -0.2) is 36.9 Å². The van der Waals surface area contributed by atoms with Gasteiger partial charge >= 0.3 is 11.9 Å². The standard InChI is InChI=1S/C10H12O5/c1-5(2)9(11)15-8-7-6(3-4-13-7)14-10(8)12/h6-8H,1,3-4H2,2H3. The maximum atomic E-state index is 11.3.